The third-order valence-electron chi connectivity index (χ3n) is 1.73. The summed E-state index contributed by atoms with van der Waals surface area (Å²) in [5, 5.41) is 17.0. The maximum atomic E-state index is 10.6. The van der Waals surface area contributed by atoms with Gasteiger partial charge in [-0.3, -0.25) is 4.90 Å². The first kappa shape index (κ1) is 9.18. The van der Waals surface area contributed by atoms with E-state index in [9.17, 15) is 9.59 Å². The molecule has 1 fully saturated rings. The van der Waals surface area contributed by atoms with E-state index in [0.29, 0.717) is 5.75 Å². The SMILES string of the molecule is CC1SCC(C(=O)O)N1C(=O)O. The Balaban J connectivity index is 2.77. The fourth-order valence-corrected chi connectivity index (χ4v) is 2.29. The smallest absolute Gasteiger partial charge is 0.408 e. The zero-order valence-electron chi connectivity index (χ0n) is 6.43. The molecule has 0 aliphatic carbocycles. The second-order valence-electron chi connectivity index (χ2n) is 2.48. The van der Waals surface area contributed by atoms with Crippen LogP contribution < -0.4 is 0 Å². The lowest BCUT2D eigenvalue weighted by atomic mass is 10.3. The monoisotopic (exact) mass is 191 g/mol. The number of carboxylic acids is 1. The van der Waals surface area contributed by atoms with E-state index in [1.54, 1.807) is 6.92 Å². The van der Waals surface area contributed by atoms with E-state index >= 15 is 0 Å². The number of thioether (sulfide) groups is 1. The normalized spacial score (nSPS) is 28.9. The molecule has 1 amide bonds. The van der Waals surface area contributed by atoms with Crippen molar-refractivity contribution in [3.63, 3.8) is 0 Å². The van der Waals surface area contributed by atoms with Crippen LogP contribution in [0.2, 0.25) is 0 Å². The molecular weight excluding hydrogens is 182 g/mol. The van der Waals surface area contributed by atoms with Gasteiger partial charge in [-0.05, 0) is 6.92 Å². The summed E-state index contributed by atoms with van der Waals surface area (Å²) in [5.74, 6) is -0.739. The van der Waals surface area contributed by atoms with E-state index in [2.05, 4.69) is 0 Å². The molecule has 68 valence electrons. The van der Waals surface area contributed by atoms with Gasteiger partial charge in [-0.15, -0.1) is 11.8 Å². The number of aliphatic carboxylic acids is 1. The van der Waals surface area contributed by atoms with E-state index in [4.69, 9.17) is 10.2 Å². The van der Waals surface area contributed by atoms with E-state index in [1.807, 2.05) is 0 Å². The van der Waals surface area contributed by atoms with Crippen LogP contribution in [0.15, 0.2) is 0 Å². The van der Waals surface area contributed by atoms with Gasteiger partial charge < -0.3 is 10.2 Å². The second kappa shape index (κ2) is 3.22. The van der Waals surface area contributed by atoms with E-state index in [-0.39, 0.29) is 5.37 Å². The molecule has 1 aliphatic rings. The van der Waals surface area contributed by atoms with Crippen molar-refractivity contribution < 1.29 is 19.8 Å². The first-order valence-electron chi connectivity index (χ1n) is 3.39. The summed E-state index contributed by atoms with van der Waals surface area (Å²) in [5.41, 5.74) is 0. The molecule has 2 N–H and O–H groups in total. The predicted molar refractivity (Wildman–Crippen MR) is 43.2 cm³/mol. The fourth-order valence-electron chi connectivity index (χ4n) is 1.12. The molecule has 2 unspecified atom stereocenters. The number of rotatable bonds is 1. The number of nitrogens with zero attached hydrogens (tertiary/aromatic N) is 1. The summed E-state index contributed by atoms with van der Waals surface area (Å²) >= 11 is 1.33. The van der Waals surface area contributed by atoms with Crippen LogP contribution in [0.1, 0.15) is 6.92 Å². The lowest BCUT2D eigenvalue weighted by Crippen LogP contribution is -2.43. The Kier molecular flexibility index (Phi) is 2.46. The zero-order chi connectivity index (χ0) is 9.30. The minimum absolute atomic E-state index is 0.261. The highest BCUT2D eigenvalue weighted by atomic mass is 32.2. The number of carbonyl (C=O) groups is 2. The van der Waals surface area contributed by atoms with Crippen LogP contribution in [0.25, 0.3) is 0 Å². The summed E-state index contributed by atoms with van der Waals surface area (Å²) in [6.45, 7) is 1.68. The van der Waals surface area contributed by atoms with Gasteiger partial charge in [0.1, 0.15) is 6.04 Å². The van der Waals surface area contributed by atoms with Crippen LogP contribution in [0, 0.1) is 0 Å². The Morgan fingerprint density at radius 1 is 1.50 bits per heavy atom. The standard InChI is InChI=1S/C6H9NO4S/c1-3-7(6(10)11)4(2-12-3)5(8)9/h3-4H,2H2,1H3,(H,8,9)(H,10,11). The van der Waals surface area contributed by atoms with Crippen LogP contribution >= 0.6 is 11.8 Å². The summed E-state index contributed by atoms with van der Waals surface area (Å²) in [6.07, 6.45) is -1.17. The van der Waals surface area contributed by atoms with E-state index < -0.39 is 18.1 Å². The first-order valence-corrected chi connectivity index (χ1v) is 4.44. The van der Waals surface area contributed by atoms with Gasteiger partial charge in [-0.25, -0.2) is 9.59 Å². The molecule has 0 aromatic rings. The Labute approximate surface area is 73.4 Å². The van der Waals surface area contributed by atoms with Crippen molar-refractivity contribution in [3.8, 4) is 0 Å². The lowest BCUT2D eigenvalue weighted by Gasteiger charge is -2.20. The number of hydrogen-bond acceptors (Lipinski definition) is 3. The van der Waals surface area contributed by atoms with Crippen molar-refractivity contribution in [2.75, 3.05) is 5.75 Å². The molecule has 0 aromatic heterocycles. The third-order valence-corrected chi connectivity index (χ3v) is 2.95. The largest absolute Gasteiger partial charge is 0.480 e. The van der Waals surface area contributed by atoms with Crippen molar-refractivity contribution in [2.24, 2.45) is 0 Å². The van der Waals surface area contributed by atoms with Crippen LogP contribution in [-0.4, -0.2) is 44.3 Å². The highest BCUT2D eigenvalue weighted by Crippen LogP contribution is 2.28. The molecule has 5 nitrogen and oxygen atoms in total. The van der Waals surface area contributed by atoms with Gasteiger partial charge in [0, 0.05) is 5.75 Å². The molecular formula is C6H9NO4S. The molecule has 0 radical (unpaired) electrons. The highest BCUT2D eigenvalue weighted by Gasteiger charge is 2.39. The summed E-state index contributed by atoms with van der Waals surface area (Å²) in [7, 11) is 0. The molecule has 0 saturated carbocycles. The maximum absolute atomic E-state index is 10.6. The Morgan fingerprint density at radius 3 is 2.42 bits per heavy atom. The van der Waals surface area contributed by atoms with Crippen molar-refractivity contribution >= 4 is 23.8 Å². The van der Waals surface area contributed by atoms with Gasteiger partial charge in [0.05, 0.1) is 5.37 Å². The maximum Gasteiger partial charge on any atom is 0.408 e. The molecule has 0 spiro atoms. The van der Waals surface area contributed by atoms with Crippen molar-refractivity contribution in [1.82, 2.24) is 4.90 Å². The molecule has 6 heteroatoms. The molecule has 2 atom stereocenters. The molecule has 0 bridgehead atoms. The zero-order valence-corrected chi connectivity index (χ0v) is 7.24. The molecule has 1 aliphatic heterocycles. The second-order valence-corrected chi connectivity index (χ2v) is 3.83. The molecule has 1 heterocycles. The van der Waals surface area contributed by atoms with Gasteiger partial charge in [-0.2, -0.15) is 0 Å². The van der Waals surface area contributed by atoms with Crippen LogP contribution in [0.3, 0.4) is 0 Å². The molecule has 1 rings (SSSR count). The average molecular weight is 191 g/mol. The van der Waals surface area contributed by atoms with Crippen LogP contribution in [-0.2, 0) is 4.79 Å². The van der Waals surface area contributed by atoms with Crippen molar-refractivity contribution in [1.29, 1.82) is 0 Å². The van der Waals surface area contributed by atoms with Crippen LogP contribution in [0.5, 0.6) is 0 Å². The number of amides is 1. The third kappa shape index (κ3) is 1.47. The molecule has 0 aromatic carbocycles. The molecule has 1 saturated heterocycles. The first-order chi connectivity index (χ1) is 5.54. The predicted octanol–water partition coefficient (Wildman–Crippen LogP) is 0.512. The number of hydrogen-bond donors (Lipinski definition) is 2. The Morgan fingerprint density at radius 2 is 2.08 bits per heavy atom. The molecule has 12 heavy (non-hydrogen) atoms. The van der Waals surface area contributed by atoms with Gasteiger partial charge in [0.25, 0.3) is 0 Å². The Bertz CT molecular complexity index is 220. The lowest BCUT2D eigenvalue weighted by molar-refractivity contribution is -0.141. The quantitative estimate of drug-likeness (QED) is 0.631. The summed E-state index contributed by atoms with van der Waals surface area (Å²) in [4.78, 5) is 22.1. The van der Waals surface area contributed by atoms with E-state index in [1.165, 1.54) is 11.8 Å². The Hall–Kier alpha value is -0.910. The van der Waals surface area contributed by atoms with Gasteiger partial charge >= 0.3 is 12.1 Å². The van der Waals surface area contributed by atoms with E-state index in [0.717, 1.165) is 4.90 Å². The minimum Gasteiger partial charge on any atom is -0.480 e. The fraction of sp³-hybridized carbons (Fsp3) is 0.667. The van der Waals surface area contributed by atoms with Crippen molar-refractivity contribution in [2.45, 2.75) is 18.3 Å². The average Bonchev–Trinajstić information content (AvgIpc) is 2.30. The topological polar surface area (TPSA) is 77.8 Å². The highest BCUT2D eigenvalue weighted by molar-refractivity contribution is 8.00. The minimum atomic E-state index is -1.17. The summed E-state index contributed by atoms with van der Waals surface area (Å²) in [6, 6.07) is -0.887. The van der Waals surface area contributed by atoms with Crippen molar-refractivity contribution in [3.05, 3.63) is 0 Å². The van der Waals surface area contributed by atoms with Gasteiger partial charge in [0.2, 0.25) is 0 Å². The van der Waals surface area contributed by atoms with Gasteiger partial charge in [0.15, 0.2) is 0 Å². The summed E-state index contributed by atoms with van der Waals surface area (Å²) < 4.78 is 0. The van der Waals surface area contributed by atoms with Crippen LogP contribution in [0.4, 0.5) is 4.79 Å². The van der Waals surface area contributed by atoms with Gasteiger partial charge in [-0.1, -0.05) is 0 Å². The number of carboxylic acid groups (broad SMARTS) is 2.